The smallest absolute Gasteiger partial charge is 0.286 e. The molecule has 2 rings (SSSR count). The second-order valence-electron chi connectivity index (χ2n) is 7.50. The van der Waals surface area contributed by atoms with Gasteiger partial charge in [0.2, 0.25) is 5.91 Å². The van der Waals surface area contributed by atoms with Gasteiger partial charge in [-0.3, -0.25) is 9.59 Å². The normalized spacial score (nSPS) is 11.0. The molecule has 6 nitrogen and oxygen atoms in total. The lowest BCUT2D eigenvalue weighted by atomic mass is 10.1. The molecule has 0 radical (unpaired) electrons. The molecule has 6 heteroatoms. The molecule has 0 atom stereocenters. The number of hydrogen-bond donors (Lipinski definition) is 1. The molecule has 0 spiro atoms. The fourth-order valence-corrected chi connectivity index (χ4v) is 3.04. The van der Waals surface area contributed by atoms with Gasteiger partial charge in [0.1, 0.15) is 5.76 Å². The van der Waals surface area contributed by atoms with Crippen LogP contribution >= 0.6 is 0 Å². The van der Waals surface area contributed by atoms with Crippen molar-refractivity contribution in [2.24, 2.45) is 5.92 Å². The third-order valence-electron chi connectivity index (χ3n) is 4.64. The molecule has 2 amide bonds. The zero-order valence-corrected chi connectivity index (χ0v) is 17.5. The summed E-state index contributed by atoms with van der Waals surface area (Å²) < 4.78 is 7.80. The van der Waals surface area contributed by atoms with Crippen LogP contribution < -0.4 is 5.32 Å². The highest BCUT2D eigenvalue weighted by Crippen LogP contribution is 2.14. The summed E-state index contributed by atoms with van der Waals surface area (Å²) >= 11 is 0. The van der Waals surface area contributed by atoms with Crippen LogP contribution in [0.15, 0.2) is 34.9 Å². The van der Waals surface area contributed by atoms with Crippen molar-refractivity contribution in [1.82, 2.24) is 14.8 Å². The Balaban J connectivity index is 2.00. The van der Waals surface area contributed by atoms with Crippen LogP contribution in [-0.2, 0) is 17.9 Å². The first-order valence-electron chi connectivity index (χ1n) is 10.2. The maximum atomic E-state index is 12.2. The summed E-state index contributed by atoms with van der Waals surface area (Å²) in [5.74, 6) is 1.58. The number of hydrogen-bond acceptors (Lipinski definition) is 3. The predicted octanol–water partition coefficient (Wildman–Crippen LogP) is 4.05. The van der Waals surface area contributed by atoms with E-state index in [0.717, 1.165) is 30.8 Å². The molecule has 2 aromatic rings. The zero-order chi connectivity index (χ0) is 20.5. The summed E-state index contributed by atoms with van der Waals surface area (Å²) in [6.45, 7) is 10.7. The van der Waals surface area contributed by atoms with Crippen molar-refractivity contribution in [3.8, 4) is 0 Å². The van der Waals surface area contributed by atoms with Crippen molar-refractivity contribution < 1.29 is 14.0 Å². The molecule has 2 aromatic heterocycles. The standard InChI is InChI=1S/C22H33N3O3/c1-5-13-25(21(26)6-2)15-18-8-7-14-24(18)16-19-9-10-20(28-19)22(27)23-12-11-17(3)4/h7-10,14,17H,5-6,11-13,15-16H2,1-4H3,(H,23,27). The average Bonchev–Trinajstić information content (AvgIpc) is 3.30. The lowest BCUT2D eigenvalue weighted by Gasteiger charge is -2.22. The number of rotatable bonds is 11. The van der Waals surface area contributed by atoms with Crippen LogP contribution in [0, 0.1) is 5.92 Å². The average molecular weight is 388 g/mol. The lowest BCUT2D eigenvalue weighted by molar-refractivity contribution is -0.131. The molecule has 0 bridgehead atoms. The molecule has 28 heavy (non-hydrogen) atoms. The van der Waals surface area contributed by atoms with Crippen molar-refractivity contribution in [3.05, 3.63) is 47.7 Å². The fourth-order valence-electron chi connectivity index (χ4n) is 3.04. The molecular weight excluding hydrogens is 354 g/mol. The summed E-state index contributed by atoms with van der Waals surface area (Å²) in [4.78, 5) is 26.2. The Labute approximate surface area is 167 Å². The van der Waals surface area contributed by atoms with E-state index in [1.165, 1.54) is 0 Å². The van der Waals surface area contributed by atoms with Crippen LogP contribution in [0.2, 0.25) is 0 Å². The number of furan rings is 1. The van der Waals surface area contributed by atoms with E-state index in [1.54, 1.807) is 6.07 Å². The van der Waals surface area contributed by atoms with Crippen molar-refractivity contribution in [1.29, 1.82) is 0 Å². The van der Waals surface area contributed by atoms with Gasteiger partial charge in [-0.15, -0.1) is 0 Å². The van der Waals surface area contributed by atoms with E-state index in [4.69, 9.17) is 4.42 Å². The van der Waals surface area contributed by atoms with Crippen LogP contribution in [0.25, 0.3) is 0 Å². The molecule has 0 unspecified atom stereocenters. The minimum Gasteiger partial charge on any atom is -0.454 e. The van der Waals surface area contributed by atoms with Crippen LogP contribution in [0.1, 0.15) is 69.0 Å². The van der Waals surface area contributed by atoms with Gasteiger partial charge in [-0.05, 0) is 43.0 Å². The number of carbonyl (C=O) groups excluding carboxylic acids is 2. The Kier molecular flexibility index (Phi) is 8.36. The second-order valence-corrected chi connectivity index (χ2v) is 7.50. The molecule has 0 saturated heterocycles. The third kappa shape index (κ3) is 6.29. The van der Waals surface area contributed by atoms with Gasteiger partial charge >= 0.3 is 0 Å². The summed E-state index contributed by atoms with van der Waals surface area (Å²) in [6, 6.07) is 7.54. The van der Waals surface area contributed by atoms with Crippen LogP contribution in [0.3, 0.4) is 0 Å². The van der Waals surface area contributed by atoms with E-state index in [-0.39, 0.29) is 11.8 Å². The second kappa shape index (κ2) is 10.7. The van der Waals surface area contributed by atoms with Gasteiger partial charge in [-0.25, -0.2) is 0 Å². The minimum atomic E-state index is -0.178. The Morgan fingerprint density at radius 1 is 1.21 bits per heavy atom. The maximum absolute atomic E-state index is 12.2. The number of nitrogens with zero attached hydrogens (tertiary/aromatic N) is 2. The summed E-state index contributed by atoms with van der Waals surface area (Å²) in [7, 11) is 0. The summed E-state index contributed by atoms with van der Waals surface area (Å²) in [6.07, 6.45) is 4.35. The van der Waals surface area contributed by atoms with Crippen molar-refractivity contribution in [3.63, 3.8) is 0 Å². The first-order valence-corrected chi connectivity index (χ1v) is 10.2. The van der Waals surface area contributed by atoms with Gasteiger partial charge in [0.05, 0.1) is 13.1 Å². The minimum absolute atomic E-state index is 0.160. The highest BCUT2D eigenvalue weighted by Gasteiger charge is 2.15. The van der Waals surface area contributed by atoms with Gasteiger partial charge in [-0.1, -0.05) is 27.7 Å². The number of carbonyl (C=O) groups is 2. The Morgan fingerprint density at radius 3 is 2.68 bits per heavy atom. The molecule has 0 aliphatic heterocycles. The molecule has 0 aromatic carbocycles. The van der Waals surface area contributed by atoms with Gasteiger partial charge in [-0.2, -0.15) is 0 Å². The molecule has 0 saturated carbocycles. The fraction of sp³-hybridized carbons (Fsp3) is 0.545. The quantitative estimate of drug-likeness (QED) is 0.632. The third-order valence-corrected chi connectivity index (χ3v) is 4.64. The van der Waals surface area contributed by atoms with E-state index in [9.17, 15) is 9.59 Å². The number of nitrogens with one attached hydrogen (secondary N) is 1. The molecule has 154 valence electrons. The van der Waals surface area contributed by atoms with Crippen LogP contribution in [-0.4, -0.2) is 34.4 Å². The number of amides is 2. The highest BCUT2D eigenvalue weighted by molar-refractivity contribution is 5.91. The molecule has 0 aliphatic carbocycles. The van der Waals surface area contributed by atoms with E-state index in [0.29, 0.717) is 37.7 Å². The number of aromatic nitrogens is 1. The van der Waals surface area contributed by atoms with Gasteiger partial charge in [0.25, 0.3) is 5.91 Å². The monoisotopic (exact) mass is 387 g/mol. The van der Waals surface area contributed by atoms with E-state index in [1.807, 2.05) is 36.2 Å². The van der Waals surface area contributed by atoms with Crippen molar-refractivity contribution >= 4 is 11.8 Å². The zero-order valence-electron chi connectivity index (χ0n) is 17.5. The van der Waals surface area contributed by atoms with Gasteiger partial charge < -0.3 is 19.2 Å². The SMILES string of the molecule is CCCN(Cc1cccn1Cc1ccc(C(=O)NCCC(C)C)o1)C(=O)CC. The molecule has 2 heterocycles. The first kappa shape index (κ1) is 21.8. The highest BCUT2D eigenvalue weighted by atomic mass is 16.4. The lowest BCUT2D eigenvalue weighted by Crippen LogP contribution is -2.31. The predicted molar refractivity (Wildman–Crippen MR) is 110 cm³/mol. The van der Waals surface area contributed by atoms with E-state index >= 15 is 0 Å². The van der Waals surface area contributed by atoms with Crippen LogP contribution in [0.5, 0.6) is 0 Å². The van der Waals surface area contributed by atoms with Crippen molar-refractivity contribution in [2.75, 3.05) is 13.1 Å². The first-order chi connectivity index (χ1) is 13.4. The summed E-state index contributed by atoms with van der Waals surface area (Å²) in [5.41, 5.74) is 1.05. The molecular formula is C22H33N3O3. The summed E-state index contributed by atoms with van der Waals surface area (Å²) in [5, 5.41) is 2.89. The Hall–Kier alpha value is -2.50. The molecule has 0 fully saturated rings. The van der Waals surface area contributed by atoms with E-state index in [2.05, 4.69) is 30.7 Å². The van der Waals surface area contributed by atoms with Crippen molar-refractivity contribution in [2.45, 2.75) is 60.0 Å². The molecule has 0 aliphatic rings. The largest absolute Gasteiger partial charge is 0.454 e. The Bertz CT molecular complexity index is 761. The van der Waals surface area contributed by atoms with Gasteiger partial charge in [0.15, 0.2) is 5.76 Å². The maximum Gasteiger partial charge on any atom is 0.286 e. The topological polar surface area (TPSA) is 67.5 Å². The molecule has 1 N–H and O–H groups in total. The van der Waals surface area contributed by atoms with Gasteiger partial charge in [0, 0.05) is 31.4 Å². The Morgan fingerprint density at radius 2 is 2.00 bits per heavy atom. The van der Waals surface area contributed by atoms with Crippen LogP contribution in [0.4, 0.5) is 0 Å². The van der Waals surface area contributed by atoms with E-state index < -0.39 is 0 Å².